The minimum absolute atomic E-state index is 0.750. The molecule has 0 N–H and O–H groups in total. The molecule has 0 aromatic rings. The molecule has 1 unspecified atom stereocenters. The second-order valence-corrected chi connectivity index (χ2v) is 4.45. The molecule has 1 saturated heterocycles. The molecule has 1 rings (SSSR count). The van der Waals surface area contributed by atoms with Crippen LogP contribution in [0.5, 0.6) is 0 Å². The van der Waals surface area contributed by atoms with Crippen LogP contribution in [0.4, 0.5) is 0 Å². The molecule has 0 amide bonds. The Bertz CT molecular complexity index is 173. The van der Waals surface area contributed by atoms with E-state index in [0.29, 0.717) is 0 Å². The molecule has 88 valence electrons. The third kappa shape index (κ3) is 5.95. The molecular formula is C13H25NO. The second kappa shape index (κ2) is 7.89. The average molecular weight is 211 g/mol. The number of rotatable bonds is 6. The first kappa shape index (κ1) is 12.7. The van der Waals surface area contributed by atoms with Crippen LogP contribution < -0.4 is 0 Å². The van der Waals surface area contributed by atoms with E-state index in [4.69, 9.17) is 4.74 Å². The highest BCUT2D eigenvalue weighted by Crippen LogP contribution is 2.10. The van der Waals surface area contributed by atoms with Gasteiger partial charge in [-0.3, -0.25) is 4.90 Å². The molecule has 0 aromatic carbocycles. The molecule has 1 aliphatic rings. The Balaban J connectivity index is 1.96. The van der Waals surface area contributed by atoms with Gasteiger partial charge in [0, 0.05) is 13.1 Å². The first-order valence-corrected chi connectivity index (χ1v) is 6.26. The number of ether oxygens (including phenoxy) is 1. The van der Waals surface area contributed by atoms with Crippen molar-refractivity contribution in [2.45, 2.75) is 33.1 Å². The molecule has 2 heteroatoms. The molecule has 0 spiro atoms. The Morgan fingerprint density at radius 1 is 1.27 bits per heavy atom. The first-order valence-electron chi connectivity index (χ1n) is 6.26. The fraction of sp³-hybridized carbons (Fsp3) is 0.846. The Morgan fingerprint density at radius 2 is 2.00 bits per heavy atom. The second-order valence-electron chi connectivity index (χ2n) is 4.45. The standard InChI is InChI=1S/C13H25NO/c1-3-6-13(2)7-4-5-8-14-9-11-15-12-10-14/h3,6,13H,4-5,7-12H2,1-2H3/b6-3+. The predicted octanol–water partition coefficient (Wildman–Crippen LogP) is 2.70. The van der Waals surface area contributed by atoms with Crippen molar-refractivity contribution in [1.29, 1.82) is 0 Å². The van der Waals surface area contributed by atoms with Crippen LogP contribution in [0.2, 0.25) is 0 Å². The van der Waals surface area contributed by atoms with Crippen LogP contribution in [-0.2, 0) is 4.74 Å². The molecule has 0 aliphatic carbocycles. The SMILES string of the molecule is C/C=C/C(C)CCCCN1CCOCC1. The summed E-state index contributed by atoms with van der Waals surface area (Å²) in [6.45, 7) is 9.77. The highest BCUT2D eigenvalue weighted by Gasteiger charge is 2.09. The average Bonchev–Trinajstić information content (AvgIpc) is 2.26. The van der Waals surface area contributed by atoms with Gasteiger partial charge in [-0.1, -0.05) is 25.5 Å². The Kier molecular flexibility index (Phi) is 6.69. The quantitative estimate of drug-likeness (QED) is 0.495. The number of hydrogen-bond acceptors (Lipinski definition) is 2. The lowest BCUT2D eigenvalue weighted by Gasteiger charge is -2.26. The van der Waals surface area contributed by atoms with Crippen LogP contribution in [0.25, 0.3) is 0 Å². The number of allylic oxidation sites excluding steroid dienone is 2. The predicted molar refractivity (Wildman–Crippen MR) is 65.1 cm³/mol. The number of morpholine rings is 1. The van der Waals surface area contributed by atoms with E-state index in [1.165, 1.54) is 25.8 Å². The van der Waals surface area contributed by atoms with Crippen molar-refractivity contribution in [1.82, 2.24) is 4.90 Å². The van der Waals surface area contributed by atoms with Gasteiger partial charge in [0.05, 0.1) is 13.2 Å². The molecule has 1 atom stereocenters. The van der Waals surface area contributed by atoms with Gasteiger partial charge < -0.3 is 4.74 Å². The Morgan fingerprint density at radius 3 is 2.67 bits per heavy atom. The topological polar surface area (TPSA) is 12.5 Å². The summed E-state index contributed by atoms with van der Waals surface area (Å²) in [5, 5.41) is 0. The maximum atomic E-state index is 5.33. The third-order valence-electron chi connectivity index (χ3n) is 3.01. The van der Waals surface area contributed by atoms with Gasteiger partial charge >= 0.3 is 0 Å². The Labute approximate surface area is 94.3 Å². The summed E-state index contributed by atoms with van der Waals surface area (Å²) in [7, 11) is 0. The zero-order valence-electron chi connectivity index (χ0n) is 10.2. The molecule has 1 aliphatic heterocycles. The first-order chi connectivity index (χ1) is 7.33. The fourth-order valence-electron chi connectivity index (χ4n) is 2.05. The minimum atomic E-state index is 0.750. The van der Waals surface area contributed by atoms with Crippen molar-refractivity contribution in [3.63, 3.8) is 0 Å². The monoisotopic (exact) mass is 211 g/mol. The van der Waals surface area contributed by atoms with Crippen LogP contribution in [0.15, 0.2) is 12.2 Å². The highest BCUT2D eigenvalue weighted by molar-refractivity contribution is 4.82. The zero-order valence-corrected chi connectivity index (χ0v) is 10.2. The van der Waals surface area contributed by atoms with Gasteiger partial charge in [-0.05, 0) is 32.2 Å². The van der Waals surface area contributed by atoms with E-state index >= 15 is 0 Å². The summed E-state index contributed by atoms with van der Waals surface area (Å²) >= 11 is 0. The van der Waals surface area contributed by atoms with E-state index in [1.54, 1.807) is 0 Å². The van der Waals surface area contributed by atoms with Crippen LogP contribution in [0.1, 0.15) is 33.1 Å². The molecule has 0 bridgehead atoms. The molecule has 2 nitrogen and oxygen atoms in total. The zero-order chi connectivity index (χ0) is 10.9. The summed E-state index contributed by atoms with van der Waals surface area (Å²) in [6, 6.07) is 0. The molecule has 15 heavy (non-hydrogen) atoms. The summed E-state index contributed by atoms with van der Waals surface area (Å²) in [6.07, 6.45) is 8.47. The van der Waals surface area contributed by atoms with Crippen molar-refractivity contribution < 1.29 is 4.74 Å². The normalized spacial score (nSPS) is 20.9. The van der Waals surface area contributed by atoms with Gasteiger partial charge in [-0.2, -0.15) is 0 Å². The van der Waals surface area contributed by atoms with Crippen molar-refractivity contribution in [2.75, 3.05) is 32.8 Å². The lowest BCUT2D eigenvalue weighted by Crippen LogP contribution is -2.36. The van der Waals surface area contributed by atoms with Crippen LogP contribution in [-0.4, -0.2) is 37.7 Å². The van der Waals surface area contributed by atoms with Crippen molar-refractivity contribution >= 4 is 0 Å². The van der Waals surface area contributed by atoms with Crippen molar-refractivity contribution in [2.24, 2.45) is 5.92 Å². The summed E-state index contributed by atoms with van der Waals surface area (Å²) in [4.78, 5) is 2.52. The van der Waals surface area contributed by atoms with Gasteiger partial charge in [0.15, 0.2) is 0 Å². The molecule has 1 heterocycles. The largest absolute Gasteiger partial charge is 0.379 e. The molecule has 1 fully saturated rings. The molecule has 0 saturated carbocycles. The highest BCUT2D eigenvalue weighted by atomic mass is 16.5. The molecule has 0 radical (unpaired) electrons. The maximum absolute atomic E-state index is 5.33. The smallest absolute Gasteiger partial charge is 0.0594 e. The summed E-state index contributed by atoms with van der Waals surface area (Å²) in [5.74, 6) is 0.750. The van der Waals surface area contributed by atoms with Gasteiger partial charge in [0.2, 0.25) is 0 Å². The third-order valence-corrected chi connectivity index (χ3v) is 3.01. The van der Waals surface area contributed by atoms with Crippen molar-refractivity contribution in [3.05, 3.63) is 12.2 Å². The number of hydrogen-bond donors (Lipinski definition) is 0. The summed E-state index contributed by atoms with van der Waals surface area (Å²) in [5.41, 5.74) is 0. The van der Waals surface area contributed by atoms with Gasteiger partial charge in [0.1, 0.15) is 0 Å². The number of nitrogens with zero attached hydrogens (tertiary/aromatic N) is 1. The van der Waals surface area contributed by atoms with E-state index in [1.807, 2.05) is 0 Å². The Hall–Kier alpha value is -0.340. The number of unbranched alkanes of at least 4 members (excludes halogenated alkanes) is 1. The fourth-order valence-corrected chi connectivity index (χ4v) is 2.05. The maximum Gasteiger partial charge on any atom is 0.0594 e. The lowest BCUT2D eigenvalue weighted by atomic mass is 10.0. The van der Waals surface area contributed by atoms with Crippen LogP contribution in [0.3, 0.4) is 0 Å². The van der Waals surface area contributed by atoms with E-state index in [9.17, 15) is 0 Å². The van der Waals surface area contributed by atoms with E-state index in [0.717, 1.165) is 32.2 Å². The van der Waals surface area contributed by atoms with E-state index < -0.39 is 0 Å². The van der Waals surface area contributed by atoms with Crippen LogP contribution >= 0.6 is 0 Å². The van der Waals surface area contributed by atoms with E-state index in [-0.39, 0.29) is 0 Å². The van der Waals surface area contributed by atoms with Crippen molar-refractivity contribution in [3.8, 4) is 0 Å². The minimum Gasteiger partial charge on any atom is -0.379 e. The molecule has 0 aromatic heterocycles. The van der Waals surface area contributed by atoms with Gasteiger partial charge in [-0.25, -0.2) is 0 Å². The molecular weight excluding hydrogens is 186 g/mol. The van der Waals surface area contributed by atoms with Gasteiger partial charge in [-0.15, -0.1) is 0 Å². The van der Waals surface area contributed by atoms with E-state index in [2.05, 4.69) is 30.9 Å². The summed E-state index contributed by atoms with van der Waals surface area (Å²) < 4.78 is 5.33. The lowest BCUT2D eigenvalue weighted by molar-refractivity contribution is 0.0371. The van der Waals surface area contributed by atoms with Gasteiger partial charge in [0.25, 0.3) is 0 Å². The van der Waals surface area contributed by atoms with Crippen LogP contribution in [0, 0.1) is 5.92 Å².